The fourth-order valence-corrected chi connectivity index (χ4v) is 2.52. The first-order chi connectivity index (χ1) is 9.22. The summed E-state index contributed by atoms with van der Waals surface area (Å²) in [6.45, 7) is 7.61. The number of nitrogens with zero attached hydrogens (tertiary/aromatic N) is 2. The lowest BCUT2D eigenvalue weighted by Gasteiger charge is -2.27. The minimum atomic E-state index is -0.319. The molecular weight excluding hydrogens is 246 g/mol. The number of amides is 2. The SMILES string of the molecule is CCCN1C(=O)CC(NCCN2CCOCC2)C1=O. The second-order valence-corrected chi connectivity index (χ2v) is 5.05. The van der Waals surface area contributed by atoms with E-state index in [1.54, 1.807) is 0 Å². The molecule has 2 heterocycles. The fourth-order valence-electron chi connectivity index (χ4n) is 2.52. The molecule has 2 rings (SSSR count). The van der Waals surface area contributed by atoms with Gasteiger partial charge in [-0.1, -0.05) is 6.92 Å². The minimum absolute atomic E-state index is 0.0456. The van der Waals surface area contributed by atoms with Gasteiger partial charge in [-0.15, -0.1) is 0 Å². The van der Waals surface area contributed by atoms with Crippen LogP contribution in [0.15, 0.2) is 0 Å². The molecule has 0 aromatic heterocycles. The quantitative estimate of drug-likeness (QED) is 0.655. The molecule has 6 heteroatoms. The lowest BCUT2D eigenvalue weighted by Crippen LogP contribution is -2.44. The third-order valence-electron chi connectivity index (χ3n) is 3.61. The molecule has 0 radical (unpaired) electrons. The van der Waals surface area contributed by atoms with Crippen molar-refractivity contribution in [3.05, 3.63) is 0 Å². The number of morpholine rings is 1. The van der Waals surface area contributed by atoms with Crippen molar-refractivity contribution in [3.8, 4) is 0 Å². The van der Waals surface area contributed by atoms with Crippen LogP contribution < -0.4 is 5.32 Å². The summed E-state index contributed by atoms with van der Waals surface area (Å²) in [7, 11) is 0. The van der Waals surface area contributed by atoms with Crippen LogP contribution in [0.4, 0.5) is 0 Å². The van der Waals surface area contributed by atoms with Crippen LogP contribution in [0.3, 0.4) is 0 Å². The first-order valence-electron chi connectivity index (χ1n) is 7.10. The van der Waals surface area contributed by atoms with E-state index in [-0.39, 0.29) is 17.9 Å². The first kappa shape index (κ1) is 14.4. The molecule has 19 heavy (non-hydrogen) atoms. The molecule has 0 spiro atoms. The van der Waals surface area contributed by atoms with Gasteiger partial charge in [0, 0.05) is 32.7 Å². The van der Waals surface area contributed by atoms with Gasteiger partial charge in [-0.2, -0.15) is 0 Å². The van der Waals surface area contributed by atoms with Crippen molar-refractivity contribution in [2.24, 2.45) is 0 Å². The van der Waals surface area contributed by atoms with E-state index in [0.29, 0.717) is 13.0 Å². The Bertz CT molecular complexity index is 329. The Hall–Kier alpha value is -0.980. The molecule has 2 aliphatic rings. The molecule has 2 amide bonds. The van der Waals surface area contributed by atoms with Crippen molar-refractivity contribution in [3.63, 3.8) is 0 Å². The van der Waals surface area contributed by atoms with Gasteiger partial charge in [0.25, 0.3) is 0 Å². The highest BCUT2D eigenvalue weighted by molar-refractivity contribution is 6.05. The lowest BCUT2D eigenvalue weighted by atomic mass is 10.2. The monoisotopic (exact) mass is 269 g/mol. The number of hydrogen-bond acceptors (Lipinski definition) is 5. The molecule has 6 nitrogen and oxygen atoms in total. The molecule has 108 valence electrons. The zero-order valence-corrected chi connectivity index (χ0v) is 11.6. The molecule has 1 N–H and O–H groups in total. The minimum Gasteiger partial charge on any atom is -0.379 e. The van der Waals surface area contributed by atoms with Gasteiger partial charge in [-0.3, -0.25) is 19.4 Å². The topological polar surface area (TPSA) is 61.9 Å². The molecule has 2 fully saturated rings. The van der Waals surface area contributed by atoms with Gasteiger partial charge in [0.05, 0.1) is 25.7 Å². The van der Waals surface area contributed by atoms with Crippen molar-refractivity contribution in [2.45, 2.75) is 25.8 Å². The molecular formula is C13H23N3O3. The van der Waals surface area contributed by atoms with E-state index in [0.717, 1.165) is 45.8 Å². The molecule has 0 aromatic carbocycles. The Morgan fingerprint density at radius 1 is 1.26 bits per heavy atom. The zero-order valence-electron chi connectivity index (χ0n) is 11.6. The third kappa shape index (κ3) is 3.75. The van der Waals surface area contributed by atoms with Crippen LogP contribution in [0.2, 0.25) is 0 Å². The summed E-state index contributed by atoms with van der Waals surface area (Å²) in [4.78, 5) is 27.4. The predicted octanol–water partition coefficient (Wildman–Crippen LogP) is -0.554. The summed E-state index contributed by atoms with van der Waals surface area (Å²) < 4.78 is 5.28. The van der Waals surface area contributed by atoms with Crippen molar-refractivity contribution < 1.29 is 14.3 Å². The number of carbonyl (C=O) groups is 2. The van der Waals surface area contributed by atoms with E-state index in [4.69, 9.17) is 4.74 Å². The third-order valence-corrected chi connectivity index (χ3v) is 3.61. The van der Waals surface area contributed by atoms with E-state index in [1.165, 1.54) is 4.90 Å². The summed E-state index contributed by atoms with van der Waals surface area (Å²) in [6.07, 6.45) is 1.12. The smallest absolute Gasteiger partial charge is 0.246 e. The molecule has 1 unspecified atom stereocenters. The standard InChI is InChI=1S/C13H23N3O3/c1-2-4-16-12(17)10-11(13(16)18)14-3-5-15-6-8-19-9-7-15/h11,14H,2-10H2,1H3. The normalized spacial score (nSPS) is 25.3. The van der Waals surface area contributed by atoms with Crippen LogP contribution in [0.25, 0.3) is 0 Å². The summed E-state index contributed by atoms with van der Waals surface area (Å²) in [5.74, 6) is -0.107. The number of rotatable bonds is 6. The summed E-state index contributed by atoms with van der Waals surface area (Å²) in [5, 5.41) is 3.20. The van der Waals surface area contributed by atoms with Crippen LogP contribution >= 0.6 is 0 Å². The van der Waals surface area contributed by atoms with Crippen LogP contribution in [0.5, 0.6) is 0 Å². The number of likely N-dealkylation sites (tertiary alicyclic amines) is 1. The molecule has 0 bridgehead atoms. The number of imide groups is 1. The second kappa shape index (κ2) is 6.98. The average Bonchev–Trinajstić information content (AvgIpc) is 2.68. The zero-order chi connectivity index (χ0) is 13.7. The largest absolute Gasteiger partial charge is 0.379 e. The molecule has 0 saturated carbocycles. The molecule has 1 atom stereocenters. The Morgan fingerprint density at radius 3 is 2.68 bits per heavy atom. The van der Waals surface area contributed by atoms with Crippen LogP contribution in [-0.4, -0.2) is 73.6 Å². The highest BCUT2D eigenvalue weighted by Gasteiger charge is 2.37. The number of nitrogens with one attached hydrogen (secondary N) is 1. The van der Waals surface area contributed by atoms with Crippen LogP contribution in [-0.2, 0) is 14.3 Å². The van der Waals surface area contributed by atoms with E-state index >= 15 is 0 Å². The highest BCUT2D eigenvalue weighted by atomic mass is 16.5. The van der Waals surface area contributed by atoms with Crippen molar-refractivity contribution in [1.29, 1.82) is 0 Å². The Balaban J connectivity index is 1.71. The Morgan fingerprint density at radius 2 is 2.00 bits per heavy atom. The molecule has 0 aliphatic carbocycles. The van der Waals surface area contributed by atoms with Gasteiger partial charge >= 0.3 is 0 Å². The van der Waals surface area contributed by atoms with Gasteiger partial charge in [-0.05, 0) is 6.42 Å². The Labute approximate surface area is 114 Å². The van der Waals surface area contributed by atoms with Crippen molar-refractivity contribution >= 4 is 11.8 Å². The van der Waals surface area contributed by atoms with E-state index < -0.39 is 0 Å². The van der Waals surface area contributed by atoms with Gasteiger partial charge in [-0.25, -0.2) is 0 Å². The molecule has 2 aliphatic heterocycles. The second-order valence-electron chi connectivity index (χ2n) is 5.05. The van der Waals surface area contributed by atoms with E-state index in [1.807, 2.05) is 6.92 Å². The summed E-state index contributed by atoms with van der Waals surface area (Å²) in [5.41, 5.74) is 0. The summed E-state index contributed by atoms with van der Waals surface area (Å²) in [6, 6.07) is -0.319. The van der Waals surface area contributed by atoms with Crippen molar-refractivity contribution in [2.75, 3.05) is 45.9 Å². The van der Waals surface area contributed by atoms with Crippen molar-refractivity contribution in [1.82, 2.24) is 15.1 Å². The fraction of sp³-hybridized carbons (Fsp3) is 0.846. The predicted molar refractivity (Wildman–Crippen MR) is 70.7 cm³/mol. The highest BCUT2D eigenvalue weighted by Crippen LogP contribution is 2.13. The van der Waals surface area contributed by atoms with Crippen LogP contribution in [0.1, 0.15) is 19.8 Å². The number of hydrogen-bond donors (Lipinski definition) is 1. The maximum absolute atomic E-state index is 12.0. The van der Waals surface area contributed by atoms with Gasteiger partial charge in [0.15, 0.2) is 0 Å². The van der Waals surface area contributed by atoms with E-state index in [9.17, 15) is 9.59 Å². The van der Waals surface area contributed by atoms with E-state index in [2.05, 4.69) is 10.2 Å². The lowest BCUT2D eigenvalue weighted by molar-refractivity contribution is -0.138. The van der Waals surface area contributed by atoms with Gasteiger partial charge in [0.2, 0.25) is 11.8 Å². The van der Waals surface area contributed by atoms with Gasteiger partial charge < -0.3 is 10.1 Å². The first-order valence-corrected chi connectivity index (χ1v) is 7.10. The molecule has 0 aromatic rings. The van der Waals surface area contributed by atoms with Crippen LogP contribution in [0, 0.1) is 0 Å². The summed E-state index contributed by atoms with van der Waals surface area (Å²) >= 11 is 0. The molecule has 2 saturated heterocycles. The Kier molecular flexibility index (Phi) is 5.30. The maximum atomic E-state index is 12.0. The average molecular weight is 269 g/mol. The number of carbonyl (C=O) groups excluding carboxylic acids is 2. The van der Waals surface area contributed by atoms with Gasteiger partial charge in [0.1, 0.15) is 0 Å². The number of ether oxygens (including phenoxy) is 1. The maximum Gasteiger partial charge on any atom is 0.246 e.